The molecule has 3 N–H and O–H groups in total. The molecule has 2 aliphatic heterocycles. The zero-order valence-corrected chi connectivity index (χ0v) is 15.9. The van der Waals surface area contributed by atoms with Gasteiger partial charge in [-0.2, -0.15) is 0 Å². The van der Waals surface area contributed by atoms with Crippen LogP contribution in [0.5, 0.6) is 0 Å². The molecule has 6 heteroatoms. The van der Waals surface area contributed by atoms with Gasteiger partial charge in [0.15, 0.2) is 5.11 Å². The Morgan fingerprint density at radius 3 is 2.40 bits per heavy atom. The number of quaternary nitrogens is 1. The fourth-order valence-electron chi connectivity index (χ4n) is 3.52. The van der Waals surface area contributed by atoms with E-state index in [4.69, 9.17) is 17.0 Å². The topological polar surface area (TPSA) is 41.0 Å². The monoisotopic (exact) mass is 363 g/mol. The minimum absolute atomic E-state index is 0.704. The first-order valence-corrected chi connectivity index (χ1v) is 10.0. The highest BCUT2D eigenvalue weighted by Gasteiger charge is 2.13. The van der Waals surface area contributed by atoms with Crippen molar-refractivity contribution in [3.05, 3.63) is 24.3 Å². The largest absolute Gasteiger partial charge is 0.372 e. The first-order valence-electron chi connectivity index (χ1n) is 9.62. The Balaban J connectivity index is 1.40. The predicted octanol–water partition coefficient (Wildman–Crippen LogP) is 1.27. The molecule has 25 heavy (non-hydrogen) atoms. The zero-order valence-electron chi connectivity index (χ0n) is 15.1. The Morgan fingerprint density at radius 2 is 1.72 bits per heavy atom. The van der Waals surface area contributed by atoms with Gasteiger partial charge in [0, 0.05) is 24.5 Å². The van der Waals surface area contributed by atoms with Gasteiger partial charge >= 0.3 is 0 Å². The van der Waals surface area contributed by atoms with E-state index in [0.717, 1.165) is 45.1 Å². The number of rotatable bonds is 5. The van der Waals surface area contributed by atoms with E-state index in [1.54, 1.807) is 4.90 Å². The molecular weight excluding hydrogens is 332 g/mol. The van der Waals surface area contributed by atoms with Gasteiger partial charge < -0.3 is 25.2 Å². The molecule has 0 aliphatic carbocycles. The van der Waals surface area contributed by atoms with Crippen LogP contribution in [0.3, 0.4) is 0 Å². The zero-order chi connectivity index (χ0) is 17.3. The summed E-state index contributed by atoms with van der Waals surface area (Å²) in [6.07, 6.45) is 5.34. The van der Waals surface area contributed by atoms with Crippen LogP contribution >= 0.6 is 12.2 Å². The van der Waals surface area contributed by atoms with Crippen LogP contribution in [0.15, 0.2) is 24.3 Å². The highest BCUT2D eigenvalue weighted by molar-refractivity contribution is 7.80. The second-order valence-corrected chi connectivity index (χ2v) is 7.35. The number of hydrogen-bond donors (Lipinski definition) is 3. The molecule has 2 fully saturated rings. The van der Waals surface area contributed by atoms with Crippen molar-refractivity contribution in [1.82, 2.24) is 5.32 Å². The highest BCUT2D eigenvalue weighted by atomic mass is 32.1. The van der Waals surface area contributed by atoms with Crippen molar-refractivity contribution in [3.63, 3.8) is 0 Å². The number of benzene rings is 1. The van der Waals surface area contributed by atoms with Crippen LogP contribution in [0.25, 0.3) is 0 Å². The van der Waals surface area contributed by atoms with E-state index >= 15 is 0 Å². The lowest BCUT2D eigenvalue weighted by Gasteiger charge is -2.24. The van der Waals surface area contributed by atoms with E-state index < -0.39 is 0 Å². The lowest BCUT2D eigenvalue weighted by molar-refractivity contribution is -0.906. The SMILES string of the molecule is S=C(NCC[NH+]1CCOCC1)Nc1ccc(N2CCCCCC2)cc1. The Labute approximate surface area is 156 Å². The van der Waals surface area contributed by atoms with Crippen LogP contribution in [0.2, 0.25) is 0 Å². The molecule has 0 unspecified atom stereocenters. The smallest absolute Gasteiger partial charge is 0.170 e. The van der Waals surface area contributed by atoms with Crippen LogP contribution < -0.4 is 20.4 Å². The van der Waals surface area contributed by atoms with E-state index in [1.807, 2.05) is 0 Å². The Bertz CT molecular complexity index is 523. The van der Waals surface area contributed by atoms with E-state index in [-0.39, 0.29) is 0 Å². The molecule has 0 bridgehead atoms. The van der Waals surface area contributed by atoms with Crippen molar-refractivity contribution in [3.8, 4) is 0 Å². The number of hydrogen-bond acceptors (Lipinski definition) is 3. The Hall–Kier alpha value is -1.37. The molecule has 2 heterocycles. The summed E-state index contributed by atoms with van der Waals surface area (Å²) in [6, 6.07) is 8.66. The van der Waals surface area contributed by atoms with Crippen LogP contribution in [0, 0.1) is 0 Å². The minimum atomic E-state index is 0.704. The van der Waals surface area contributed by atoms with Gasteiger partial charge in [0.1, 0.15) is 13.1 Å². The Morgan fingerprint density at radius 1 is 1.04 bits per heavy atom. The maximum Gasteiger partial charge on any atom is 0.170 e. The van der Waals surface area contributed by atoms with Gasteiger partial charge in [-0.1, -0.05) is 12.8 Å². The third kappa shape index (κ3) is 6.13. The van der Waals surface area contributed by atoms with Crippen molar-refractivity contribution >= 4 is 28.7 Å². The number of nitrogens with one attached hydrogen (secondary N) is 3. The van der Waals surface area contributed by atoms with Crippen LogP contribution in [-0.4, -0.2) is 57.6 Å². The molecule has 2 saturated heterocycles. The minimum Gasteiger partial charge on any atom is -0.372 e. The van der Waals surface area contributed by atoms with Gasteiger partial charge in [-0.25, -0.2) is 0 Å². The summed E-state index contributed by atoms with van der Waals surface area (Å²) in [5.74, 6) is 0. The summed E-state index contributed by atoms with van der Waals surface area (Å²) < 4.78 is 5.38. The first-order chi connectivity index (χ1) is 12.3. The molecule has 1 aromatic rings. The molecule has 0 spiro atoms. The van der Waals surface area contributed by atoms with Gasteiger partial charge in [-0.05, 0) is 49.3 Å². The maximum atomic E-state index is 5.41. The molecule has 0 atom stereocenters. The number of anilines is 2. The summed E-state index contributed by atoms with van der Waals surface area (Å²) in [5, 5.41) is 7.31. The summed E-state index contributed by atoms with van der Waals surface area (Å²) in [5.41, 5.74) is 2.37. The molecule has 138 valence electrons. The van der Waals surface area contributed by atoms with Gasteiger partial charge in [0.05, 0.1) is 26.3 Å². The number of morpholine rings is 1. The molecule has 3 rings (SSSR count). The normalized spacial score (nSPS) is 19.3. The fourth-order valence-corrected chi connectivity index (χ4v) is 3.74. The first kappa shape index (κ1) is 18.4. The number of ether oxygens (including phenoxy) is 1. The van der Waals surface area contributed by atoms with Gasteiger partial charge in [0.2, 0.25) is 0 Å². The average Bonchev–Trinajstić information content (AvgIpc) is 2.93. The average molecular weight is 364 g/mol. The molecule has 0 saturated carbocycles. The summed E-state index contributed by atoms with van der Waals surface area (Å²) >= 11 is 5.41. The summed E-state index contributed by atoms with van der Waals surface area (Å²) in [6.45, 7) is 8.28. The summed E-state index contributed by atoms with van der Waals surface area (Å²) in [7, 11) is 0. The molecule has 1 aromatic carbocycles. The summed E-state index contributed by atoms with van der Waals surface area (Å²) in [4.78, 5) is 4.08. The van der Waals surface area contributed by atoms with E-state index in [0.29, 0.717) is 5.11 Å². The van der Waals surface area contributed by atoms with E-state index in [9.17, 15) is 0 Å². The number of nitrogens with zero attached hydrogens (tertiary/aromatic N) is 1. The molecule has 0 aromatic heterocycles. The maximum absolute atomic E-state index is 5.41. The van der Waals surface area contributed by atoms with Gasteiger partial charge in [-0.15, -0.1) is 0 Å². The second-order valence-electron chi connectivity index (χ2n) is 6.94. The van der Waals surface area contributed by atoms with Crippen molar-refractivity contribution in [2.75, 3.05) is 62.7 Å². The lowest BCUT2D eigenvalue weighted by atomic mass is 10.2. The van der Waals surface area contributed by atoms with Crippen LogP contribution in [0.1, 0.15) is 25.7 Å². The third-order valence-corrected chi connectivity index (χ3v) is 5.31. The standard InChI is InChI=1S/C19H30N4OS/c25-19(20-9-12-22-13-15-24-16-14-22)21-17-5-7-18(8-6-17)23-10-3-1-2-4-11-23/h5-8H,1-4,9-16H2,(H2,20,21,25)/p+1. The Kier molecular flexibility index (Phi) is 7.33. The molecule has 5 nitrogen and oxygen atoms in total. The molecular formula is C19H31N4OS+. The van der Waals surface area contributed by atoms with Gasteiger partial charge in [-0.3, -0.25) is 0 Å². The van der Waals surface area contributed by atoms with Crippen molar-refractivity contribution in [2.24, 2.45) is 0 Å². The van der Waals surface area contributed by atoms with Crippen LogP contribution in [0.4, 0.5) is 11.4 Å². The quantitative estimate of drug-likeness (QED) is 0.688. The van der Waals surface area contributed by atoms with Crippen molar-refractivity contribution in [2.45, 2.75) is 25.7 Å². The lowest BCUT2D eigenvalue weighted by Crippen LogP contribution is -3.14. The van der Waals surface area contributed by atoms with Gasteiger partial charge in [0.25, 0.3) is 0 Å². The fraction of sp³-hybridized carbons (Fsp3) is 0.632. The molecule has 2 aliphatic rings. The number of thiocarbonyl (C=S) groups is 1. The second kappa shape index (κ2) is 9.94. The van der Waals surface area contributed by atoms with E-state index in [1.165, 1.54) is 44.5 Å². The predicted molar refractivity (Wildman–Crippen MR) is 108 cm³/mol. The van der Waals surface area contributed by atoms with Crippen molar-refractivity contribution < 1.29 is 9.64 Å². The third-order valence-electron chi connectivity index (χ3n) is 5.06. The van der Waals surface area contributed by atoms with Crippen molar-refractivity contribution in [1.29, 1.82) is 0 Å². The van der Waals surface area contributed by atoms with Crippen LogP contribution in [-0.2, 0) is 4.74 Å². The highest BCUT2D eigenvalue weighted by Crippen LogP contribution is 2.21. The molecule has 0 amide bonds. The van der Waals surface area contributed by atoms with E-state index in [2.05, 4.69) is 39.8 Å². The molecule has 0 radical (unpaired) electrons.